The zero-order valence-electron chi connectivity index (χ0n) is 11.4. The number of nitrogens with zero attached hydrogens (tertiary/aromatic N) is 2. The van der Waals surface area contributed by atoms with Crippen molar-refractivity contribution in [3.8, 4) is 0 Å². The van der Waals surface area contributed by atoms with Crippen LogP contribution in [0.4, 0.5) is 17.1 Å². The van der Waals surface area contributed by atoms with Gasteiger partial charge in [0.25, 0.3) is 11.4 Å². The summed E-state index contributed by atoms with van der Waals surface area (Å²) in [5.74, 6) is 0. The summed E-state index contributed by atoms with van der Waals surface area (Å²) in [5.41, 5.74) is -0.975. The molecule has 0 saturated carbocycles. The molecule has 1 aromatic carbocycles. The van der Waals surface area contributed by atoms with Crippen LogP contribution in [-0.2, 0) is 9.47 Å². The number of nitrogens with one attached hydrogen (secondary N) is 1. The highest BCUT2D eigenvalue weighted by Gasteiger charge is 2.35. The van der Waals surface area contributed by atoms with Gasteiger partial charge in [-0.1, -0.05) is 0 Å². The molecule has 0 aliphatic carbocycles. The first-order chi connectivity index (χ1) is 9.97. The van der Waals surface area contributed by atoms with E-state index >= 15 is 0 Å². The van der Waals surface area contributed by atoms with E-state index in [-0.39, 0.29) is 17.1 Å². The standard InChI is InChI=1S/C12H15N3O6/c1-20-12(4-5-21-8-12)7-13-10-3-2-9(14(16)17)6-11(10)15(18)19/h2-3,6,13H,4-5,7-8H2,1H3. The van der Waals surface area contributed by atoms with Crippen molar-refractivity contribution in [2.45, 2.75) is 12.0 Å². The fourth-order valence-corrected chi connectivity index (χ4v) is 2.15. The van der Waals surface area contributed by atoms with Crippen molar-refractivity contribution >= 4 is 17.1 Å². The van der Waals surface area contributed by atoms with Crippen LogP contribution in [-0.4, -0.2) is 42.3 Å². The molecule has 1 aliphatic rings. The Kier molecular flexibility index (Phi) is 4.34. The molecular weight excluding hydrogens is 282 g/mol. The molecule has 1 saturated heterocycles. The van der Waals surface area contributed by atoms with Gasteiger partial charge in [0.15, 0.2) is 0 Å². The number of hydrogen-bond donors (Lipinski definition) is 1. The number of nitro groups is 2. The van der Waals surface area contributed by atoms with Gasteiger partial charge in [0, 0.05) is 32.7 Å². The Morgan fingerprint density at radius 1 is 1.38 bits per heavy atom. The Hall–Kier alpha value is -2.26. The normalized spacial score (nSPS) is 21.2. The Labute approximate surface area is 120 Å². The van der Waals surface area contributed by atoms with Gasteiger partial charge in [0.1, 0.15) is 11.3 Å². The van der Waals surface area contributed by atoms with E-state index in [1.54, 1.807) is 7.11 Å². The summed E-state index contributed by atoms with van der Waals surface area (Å²) in [4.78, 5) is 20.4. The summed E-state index contributed by atoms with van der Waals surface area (Å²) in [5, 5.41) is 24.6. The highest BCUT2D eigenvalue weighted by molar-refractivity contribution is 5.65. The van der Waals surface area contributed by atoms with Crippen LogP contribution in [0.3, 0.4) is 0 Å². The third kappa shape index (κ3) is 3.26. The quantitative estimate of drug-likeness (QED) is 0.627. The van der Waals surface area contributed by atoms with Crippen LogP contribution in [0.1, 0.15) is 6.42 Å². The van der Waals surface area contributed by atoms with Crippen molar-refractivity contribution in [3.05, 3.63) is 38.4 Å². The summed E-state index contributed by atoms with van der Waals surface area (Å²) in [6, 6.07) is 3.49. The zero-order valence-corrected chi connectivity index (χ0v) is 11.4. The number of ether oxygens (including phenoxy) is 2. The number of nitro benzene ring substituents is 2. The molecule has 1 aliphatic heterocycles. The fraction of sp³-hybridized carbons (Fsp3) is 0.500. The van der Waals surface area contributed by atoms with Gasteiger partial charge >= 0.3 is 0 Å². The molecule has 1 fully saturated rings. The van der Waals surface area contributed by atoms with E-state index in [1.165, 1.54) is 12.1 Å². The molecular formula is C12H15N3O6. The Balaban J connectivity index is 2.19. The Bertz CT molecular complexity index is 556. The van der Waals surface area contributed by atoms with Crippen molar-refractivity contribution < 1.29 is 19.3 Å². The zero-order chi connectivity index (χ0) is 15.5. The number of methoxy groups -OCH3 is 1. The number of benzene rings is 1. The number of anilines is 1. The van der Waals surface area contributed by atoms with Crippen LogP contribution in [0.25, 0.3) is 0 Å². The third-order valence-electron chi connectivity index (χ3n) is 3.49. The maximum absolute atomic E-state index is 11.0. The minimum atomic E-state index is -0.668. The maximum atomic E-state index is 11.0. The lowest BCUT2D eigenvalue weighted by molar-refractivity contribution is -0.393. The minimum Gasteiger partial charge on any atom is -0.378 e. The highest BCUT2D eigenvalue weighted by Crippen LogP contribution is 2.30. The van der Waals surface area contributed by atoms with Gasteiger partial charge < -0.3 is 14.8 Å². The second-order valence-electron chi connectivity index (χ2n) is 4.76. The molecule has 21 heavy (non-hydrogen) atoms. The van der Waals surface area contributed by atoms with Gasteiger partial charge in [-0.2, -0.15) is 0 Å². The number of non-ortho nitro benzene ring substituents is 1. The molecule has 0 spiro atoms. The maximum Gasteiger partial charge on any atom is 0.299 e. The third-order valence-corrected chi connectivity index (χ3v) is 3.49. The van der Waals surface area contributed by atoms with Gasteiger partial charge in [-0.05, 0) is 6.07 Å². The van der Waals surface area contributed by atoms with Crippen LogP contribution >= 0.6 is 0 Å². The lowest BCUT2D eigenvalue weighted by Gasteiger charge is -2.26. The van der Waals surface area contributed by atoms with Gasteiger partial charge in [0.2, 0.25) is 0 Å². The smallest absolute Gasteiger partial charge is 0.299 e. The largest absolute Gasteiger partial charge is 0.378 e. The fourth-order valence-electron chi connectivity index (χ4n) is 2.15. The predicted molar refractivity (Wildman–Crippen MR) is 73.4 cm³/mol. The molecule has 9 nitrogen and oxygen atoms in total. The second-order valence-corrected chi connectivity index (χ2v) is 4.76. The monoisotopic (exact) mass is 297 g/mol. The average Bonchev–Trinajstić information content (AvgIpc) is 2.94. The van der Waals surface area contributed by atoms with Crippen LogP contribution in [0.2, 0.25) is 0 Å². The lowest BCUT2D eigenvalue weighted by Crippen LogP contribution is -2.39. The van der Waals surface area contributed by atoms with Crippen LogP contribution in [0.15, 0.2) is 18.2 Å². The van der Waals surface area contributed by atoms with Crippen LogP contribution < -0.4 is 5.32 Å². The van der Waals surface area contributed by atoms with Crippen molar-refractivity contribution in [3.63, 3.8) is 0 Å². The molecule has 114 valence electrons. The van der Waals surface area contributed by atoms with E-state index in [2.05, 4.69) is 5.32 Å². The summed E-state index contributed by atoms with van der Waals surface area (Å²) in [6.45, 7) is 1.29. The summed E-state index contributed by atoms with van der Waals surface area (Å²) in [7, 11) is 1.56. The molecule has 0 amide bonds. The molecule has 1 N–H and O–H groups in total. The topological polar surface area (TPSA) is 117 Å². The van der Waals surface area contributed by atoms with Crippen molar-refractivity contribution in [2.24, 2.45) is 0 Å². The first kappa shape index (κ1) is 15.1. The molecule has 1 heterocycles. The van der Waals surface area contributed by atoms with Crippen LogP contribution in [0, 0.1) is 20.2 Å². The van der Waals surface area contributed by atoms with E-state index in [0.29, 0.717) is 26.2 Å². The van der Waals surface area contributed by atoms with E-state index in [4.69, 9.17) is 9.47 Å². The predicted octanol–water partition coefficient (Wildman–Crippen LogP) is 1.72. The molecule has 9 heteroatoms. The molecule has 0 radical (unpaired) electrons. The van der Waals surface area contributed by atoms with E-state index < -0.39 is 15.4 Å². The average molecular weight is 297 g/mol. The van der Waals surface area contributed by atoms with Gasteiger partial charge in [-0.15, -0.1) is 0 Å². The van der Waals surface area contributed by atoms with Gasteiger partial charge in [0.05, 0.1) is 22.5 Å². The van der Waals surface area contributed by atoms with Crippen molar-refractivity contribution in [2.75, 3.05) is 32.2 Å². The first-order valence-corrected chi connectivity index (χ1v) is 6.27. The minimum absolute atomic E-state index is 0.217. The molecule has 0 aromatic heterocycles. The van der Waals surface area contributed by atoms with Gasteiger partial charge in [-0.25, -0.2) is 0 Å². The van der Waals surface area contributed by atoms with Gasteiger partial charge in [-0.3, -0.25) is 20.2 Å². The molecule has 1 atom stereocenters. The Morgan fingerprint density at radius 3 is 2.67 bits per heavy atom. The van der Waals surface area contributed by atoms with E-state index in [0.717, 1.165) is 6.07 Å². The van der Waals surface area contributed by atoms with E-state index in [9.17, 15) is 20.2 Å². The second kappa shape index (κ2) is 6.02. The summed E-state index contributed by atoms with van der Waals surface area (Å²) in [6.07, 6.45) is 0.678. The molecule has 2 rings (SSSR count). The lowest BCUT2D eigenvalue weighted by atomic mass is 10.0. The Morgan fingerprint density at radius 2 is 2.14 bits per heavy atom. The molecule has 0 bridgehead atoms. The highest BCUT2D eigenvalue weighted by atomic mass is 16.6. The van der Waals surface area contributed by atoms with E-state index in [1.807, 2.05) is 0 Å². The number of hydrogen-bond acceptors (Lipinski definition) is 7. The first-order valence-electron chi connectivity index (χ1n) is 6.27. The summed E-state index contributed by atoms with van der Waals surface area (Å²) >= 11 is 0. The number of rotatable bonds is 6. The molecule has 1 unspecified atom stereocenters. The van der Waals surface area contributed by atoms with Crippen molar-refractivity contribution in [1.29, 1.82) is 0 Å². The SMILES string of the molecule is COC1(CNc2ccc([N+](=O)[O-])cc2[N+](=O)[O-])CCOC1. The van der Waals surface area contributed by atoms with Crippen LogP contribution in [0.5, 0.6) is 0 Å². The molecule has 1 aromatic rings. The van der Waals surface area contributed by atoms with Crippen molar-refractivity contribution in [1.82, 2.24) is 0 Å². The summed E-state index contributed by atoms with van der Waals surface area (Å²) < 4.78 is 10.7.